The summed E-state index contributed by atoms with van der Waals surface area (Å²) in [6.07, 6.45) is 0. The number of aryl methyl sites for hydroxylation is 2. The topological polar surface area (TPSA) is 25.8 Å². The zero-order valence-corrected chi connectivity index (χ0v) is 13.7. The zero-order chi connectivity index (χ0) is 13.4. The third-order valence-electron chi connectivity index (χ3n) is 2.75. The van der Waals surface area contributed by atoms with Crippen LogP contribution in [0.2, 0.25) is 0 Å². The minimum atomic E-state index is 0.970. The minimum Gasteiger partial charge on any atom is -0.240 e. The van der Waals surface area contributed by atoms with Crippen LogP contribution in [0.15, 0.2) is 34.1 Å². The molecular weight excluding hydrogens is 340 g/mol. The van der Waals surface area contributed by atoms with Gasteiger partial charge in [0, 0.05) is 20.3 Å². The van der Waals surface area contributed by atoms with Crippen LogP contribution in [-0.4, -0.2) is 9.97 Å². The van der Waals surface area contributed by atoms with Crippen molar-refractivity contribution in [3.05, 3.63) is 44.0 Å². The lowest BCUT2D eigenvalue weighted by Gasteiger charge is -1.98. The molecule has 0 saturated carbocycles. The molecule has 0 aliphatic rings. The van der Waals surface area contributed by atoms with E-state index in [0.717, 1.165) is 31.4 Å². The number of benzene rings is 1. The Bertz CT molecular complexity index is 731. The standard InChI is InChI=1S/C14H11BrN2S2/c1-8-13(16-9(2)19-8)12-7-18-14(17-12)10-5-3-4-6-11(10)15/h3-7H,1-2H3. The monoisotopic (exact) mass is 350 g/mol. The SMILES string of the molecule is Cc1nc(-c2csc(-c3ccccc3Br)n2)c(C)s1. The van der Waals surface area contributed by atoms with Gasteiger partial charge in [0.05, 0.1) is 5.01 Å². The molecule has 0 atom stereocenters. The largest absolute Gasteiger partial charge is 0.240 e. The molecule has 96 valence electrons. The van der Waals surface area contributed by atoms with Gasteiger partial charge in [0.2, 0.25) is 0 Å². The number of halogens is 1. The molecule has 0 fully saturated rings. The molecule has 0 bridgehead atoms. The molecular formula is C14H11BrN2S2. The normalized spacial score (nSPS) is 10.9. The molecule has 0 unspecified atom stereocenters. The van der Waals surface area contributed by atoms with E-state index in [2.05, 4.69) is 39.3 Å². The maximum absolute atomic E-state index is 4.72. The summed E-state index contributed by atoms with van der Waals surface area (Å²) < 4.78 is 1.07. The molecule has 0 radical (unpaired) electrons. The summed E-state index contributed by atoms with van der Waals surface area (Å²) in [6.45, 7) is 4.12. The van der Waals surface area contributed by atoms with E-state index in [0.29, 0.717) is 0 Å². The first-order chi connectivity index (χ1) is 9.15. The van der Waals surface area contributed by atoms with Gasteiger partial charge >= 0.3 is 0 Å². The second kappa shape index (κ2) is 5.15. The third kappa shape index (κ3) is 2.50. The Labute approximate surface area is 128 Å². The quantitative estimate of drug-likeness (QED) is 0.625. The first-order valence-corrected chi connectivity index (χ1v) is 8.29. The Hall–Kier alpha value is -1.04. The van der Waals surface area contributed by atoms with Crippen LogP contribution in [0.5, 0.6) is 0 Å². The number of hydrogen-bond donors (Lipinski definition) is 0. The van der Waals surface area contributed by atoms with Gasteiger partial charge in [-0.1, -0.05) is 34.1 Å². The number of hydrogen-bond acceptors (Lipinski definition) is 4. The van der Waals surface area contributed by atoms with Crippen LogP contribution in [0.3, 0.4) is 0 Å². The average molecular weight is 351 g/mol. The van der Waals surface area contributed by atoms with Crippen LogP contribution in [0.4, 0.5) is 0 Å². The predicted octanol–water partition coefficient (Wildman–Crippen LogP) is 5.31. The summed E-state index contributed by atoms with van der Waals surface area (Å²) in [6, 6.07) is 8.15. The Morgan fingerprint density at radius 3 is 2.58 bits per heavy atom. The van der Waals surface area contributed by atoms with Crippen molar-refractivity contribution in [2.75, 3.05) is 0 Å². The Kier molecular flexibility index (Phi) is 3.52. The van der Waals surface area contributed by atoms with Gasteiger partial charge in [-0.25, -0.2) is 9.97 Å². The second-order valence-electron chi connectivity index (χ2n) is 4.16. The third-order valence-corrected chi connectivity index (χ3v) is 5.21. The lowest BCUT2D eigenvalue weighted by molar-refractivity contribution is 1.25. The first kappa shape index (κ1) is 13.0. The second-order valence-corrected chi connectivity index (χ2v) is 7.28. The van der Waals surface area contributed by atoms with Gasteiger partial charge in [-0.3, -0.25) is 0 Å². The maximum Gasteiger partial charge on any atom is 0.125 e. The molecule has 0 aliphatic carbocycles. The van der Waals surface area contributed by atoms with Crippen LogP contribution in [-0.2, 0) is 0 Å². The molecule has 1 aromatic carbocycles. The molecule has 0 spiro atoms. The van der Waals surface area contributed by atoms with Crippen molar-refractivity contribution in [1.29, 1.82) is 0 Å². The fourth-order valence-electron chi connectivity index (χ4n) is 1.91. The Morgan fingerprint density at radius 1 is 1.11 bits per heavy atom. The highest BCUT2D eigenvalue weighted by molar-refractivity contribution is 9.10. The zero-order valence-electron chi connectivity index (χ0n) is 10.5. The number of aromatic nitrogens is 2. The van der Waals surface area contributed by atoms with Gasteiger partial charge in [-0.15, -0.1) is 22.7 Å². The smallest absolute Gasteiger partial charge is 0.125 e. The van der Waals surface area contributed by atoms with Crippen molar-refractivity contribution >= 4 is 38.6 Å². The molecule has 0 saturated heterocycles. The molecule has 19 heavy (non-hydrogen) atoms. The first-order valence-electron chi connectivity index (χ1n) is 5.80. The molecule has 2 nitrogen and oxygen atoms in total. The summed E-state index contributed by atoms with van der Waals surface area (Å²) in [7, 11) is 0. The van der Waals surface area contributed by atoms with E-state index in [1.165, 1.54) is 4.88 Å². The van der Waals surface area contributed by atoms with Gasteiger partial charge in [0.1, 0.15) is 16.4 Å². The summed E-state index contributed by atoms with van der Waals surface area (Å²) in [5.41, 5.74) is 3.11. The molecule has 0 amide bonds. The highest BCUT2D eigenvalue weighted by Gasteiger charge is 2.13. The summed E-state index contributed by atoms with van der Waals surface area (Å²) in [5.74, 6) is 0. The van der Waals surface area contributed by atoms with Crippen molar-refractivity contribution in [2.24, 2.45) is 0 Å². The number of thiazole rings is 2. The highest BCUT2D eigenvalue weighted by atomic mass is 79.9. The van der Waals surface area contributed by atoms with E-state index >= 15 is 0 Å². The van der Waals surface area contributed by atoms with Crippen molar-refractivity contribution < 1.29 is 0 Å². The van der Waals surface area contributed by atoms with Gasteiger partial charge in [-0.2, -0.15) is 0 Å². The van der Waals surface area contributed by atoms with Crippen LogP contribution < -0.4 is 0 Å². The van der Waals surface area contributed by atoms with Crippen molar-refractivity contribution in [3.63, 3.8) is 0 Å². The highest BCUT2D eigenvalue weighted by Crippen LogP contribution is 2.34. The van der Waals surface area contributed by atoms with Crippen LogP contribution >= 0.6 is 38.6 Å². The molecule has 2 heterocycles. The van der Waals surface area contributed by atoms with E-state index in [1.807, 2.05) is 25.1 Å². The minimum absolute atomic E-state index is 0.970. The molecule has 3 aromatic rings. The lowest BCUT2D eigenvalue weighted by Crippen LogP contribution is -1.82. The molecule has 2 aromatic heterocycles. The molecule has 0 aliphatic heterocycles. The summed E-state index contributed by atoms with van der Waals surface area (Å²) in [4.78, 5) is 10.5. The Morgan fingerprint density at radius 2 is 1.89 bits per heavy atom. The molecule has 5 heteroatoms. The van der Waals surface area contributed by atoms with Gasteiger partial charge in [-0.05, 0) is 19.9 Å². The average Bonchev–Trinajstić information content (AvgIpc) is 2.96. The van der Waals surface area contributed by atoms with E-state index < -0.39 is 0 Å². The van der Waals surface area contributed by atoms with E-state index in [1.54, 1.807) is 22.7 Å². The van der Waals surface area contributed by atoms with Crippen molar-refractivity contribution in [1.82, 2.24) is 9.97 Å². The predicted molar refractivity (Wildman–Crippen MR) is 85.8 cm³/mol. The number of nitrogens with zero attached hydrogens (tertiary/aromatic N) is 2. The van der Waals surface area contributed by atoms with Gasteiger partial charge < -0.3 is 0 Å². The van der Waals surface area contributed by atoms with E-state index in [-0.39, 0.29) is 0 Å². The van der Waals surface area contributed by atoms with Crippen molar-refractivity contribution in [2.45, 2.75) is 13.8 Å². The molecule has 3 rings (SSSR count). The van der Waals surface area contributed by atoms with E-state index in [4.69, 9.17) is 4.98 Å². The fourth-order valence-corrected chi connectivity index (χ4v) is 4.18. The van der Waals surface area contributed by atoms with Gasteiger partial charge in [0.15, 0.2) is 0 Å². The van der Waals surface area contributed by atoms with Gasteiger partial charge in [0.25, 0.3) is 0 Å². The lowest BCUT2D eigenvalue weighted by atomic mass is 10.2. The summed E-state index contributed by atoms with van der Waals surface area (Å²) in [5, 5.41) is 4.19. The van der Waals surface area contributed by atoms with E-state index in [9.17, 15) is 0 Å². The molecule has 0 N–H and O–H groups in total. The Balaban J connectivity index is 2.05. The maximum atomic E-state index is 4.72. The van der Waals surface area contributed by atoms with Crippen LogP contribution in [0.1, 0.15) is 9.88 Å². The van der Waals surface area contributed by atoms with Crippen molar-refractivity contribution in [3.8, 4) is 22.0 Å². The summed E-state index contributed by atoms with van der Waals surface area (Å²) >= 11 is 6.94. The fraction of sp³-hybridized carbons (Fsp3) is 0.143. The number of rotatable bonds is 2. The van der Waals surface area contributed by atoms with Crippen LogP contribution in [0.25, 0.3) is 22.0 Å². The van der Waals surface area contributed by atoms with Crippen LogP contribution in [0, 0.1) is 13.8 Å².